The molecule has 0 saturated heterocycles. The second-order valence-electron chi connectivity index (χ2n) is 6.77. The average Bonchev–Trinajstić information content (AvgIpc) is 2.79. The van der Waals surface area contributed by atoms with Crippen LogP contribution in [0.1, 0.15) is 5.56 Å². The predicted molar refractivity (Wildman–Crippen MR) is 116 cm³/mol. The van der Waals surface area contributed by atoms with Crippen molar-refractivity contribution >= 4 is 0 Å². The first-order valence-electron chi connectivity index (χ1n) is 9.47. The van der Waals surface area contributed by atoms with Crippen molar-refractivity contribution in [3.05, 3.63) is 103 Å². The van der Waals surface area contributed by atoms with Gasteiger partial charge in [-0.25, -0.2) is 0 Å². The zero-order valence-corrected chi connectivity index (χ0v) is 16.2. The van der Waals surface area contributed by atoms with Gasteiger partial charge >= 0.3 is 0 Å². The Bertz CT molecular complexity index is 1090. The molecule has 0 aliphatic rings. The minimum absolute atomic E-state index is 0.137. The van der Waals surface area contributed by atoms with Crippen molar-refractivity contribution < 1.29 is 14.6 Å². The first kappa shape index (κ1) is 18.6. The Balaban J connectivity index is 1.52. The van der Waals surface area contributed by atoms with Crippen LogP contribution in [0.2, 0.25) is 0 Å². The summed E-state index contributed by atoms with van der Waals surface area (Å²) in [5.41, 5.74) is 5.43. The monoisotopic (exact) mass is 382 g/mol. The van der Waals surface area contributed by atoms with Gasteiger partial charge in [0.1, 0.15) is 12.4 Å². The molecule has 0 aromatic heterocycles. The standard InChI is InChI=1S/C26H22O3/c1-28-26-17-23(12-15-25(26)27)22-9-5-8-21(16-22)20-10-13-24(14-11-20)29-18-19-6-3-2-4-7-19/h2-17,27H,18H2,1H3. The van der Waals surface area contributed by atoms with Crippen LogP contribution in [0.4, 0.5) is 0 Å². The van der Waals surface area contributed by atoms with Gasteiger partial charge in [-0.2, -0.15) is 0 Å². The zero-order valence-electron chi connectivity index (χ0n) is 16.2. The lowest BCUT2D eigenvalue weighted by Gasteiger charge is -2.10. The van der Waals surface area contributed by atoms with Crippen LogP contribution in [0.15, 0.2) is 97.1 Å². The molecule has 29 heavy (non-hydrogen) atoms. The topological polar surface area (TPSA) is 38.7 Å². The molecule has 0 fully saturated rings. The molecule has 0 unspecified atom stereocenters. The molecule has 0 heterocycles. The number of phenols is 1. The van der Waals surface area contributed by atoms with Crippen LogP contribution in [0.3, 0.4) is 0 Å². The van der Waals surface area contributed by atoms with Gasteiger partial charge in [-0.1, -0.05) is 66.7 Å². The third-order valence-corrected chi connectivity index (χ3v) is 4.81. The minimum atomic E-state index is 0.137. The number of methoxy groups -OCH3 is 1. The highest BCUT2D eigenvalue weighted by atomic mass is 16.5. The molecule has 144 valence electrons. The molecular weight excluding hydrogens is 360 g/mol. The van der Waals surface area contributed by atoms with Gasteiger partial charge in [0.05, 0.1) is 7.11 Å². The highest BCUT2D eigenvalue weighted by molar-refractivity contribution is 5.74. The molecule has 0 radical (unpaired) electrons. The van der Waals surface area contributed by atoms with E-state index in [1.54, 1.807) is 13.2 Å². The maximum atomic E-state index is 9.82. The van der Waals surface area contributed by atoms with Crippen molar-refractivity contribution in [1.29, 1.82) is 0 Å². The van der Waals surface area contributed by atoms with Gasteiger partial charge in [-0.05, 0) is 58.1 Å². The van der Waals surface area contributed by atoms with Crippen molar-refractivity contribution in [1.82, 2.24) is 0 Å². The highest BCUT2D eigenvalue weighted by Gasteiger charge is 2.06. The lowest BCUT2D eigenvalue weighted by molar-refractivity contribution is 0.306. The minimum Gasteiger partial charge on any atom is -0.504 e. The Hall–Kier alpha value is -3.72. The largest absolute Gasteiger partial charge is 0.504 e. The van der Waals surface area contributed by atoms with E-state index in [9.17, 15) is 5.11 Å². The van der Waals surface area contributed by atoms with E-state index in [4.69, 9.17) is 9.47 Å². The fraction of sp³-hybridized carbons (Fsp3) is 0.0769. The van der Waals surface area contributed by atoms with E-state index in [1.807, 2.05) is 54.6 Å². The van der Waals surface area contributed by atoms with Gasteiger partial charge in [-0.15, -0.1) is 0 Å². The molecule has 0 aliphatic carbocycles. The summed E-state index contributed by atoms with van der Waals surface area (Å²) in [5.74, 6) is 1.45. The molecule has 3 nitrogen and oxygen atoms in total. The smallest absolute Gasteiger partial charge is 0.161 e. The quantitative estimate of drug-likeness (QED) is 0.424. The number of ether oxygens (including phenoxy) is 2. The van der Waals surface area contributed by atoms with Gasteiger partial charge in [0, 0.05) is 0 Å². The van der Waals surface area contributed by atoms with Crippen molar-refractivity contribution in [2.45, 2.75) is 6.61 Å². The van der Waals surface area contributed by atoms with Gasteiger partial charge in [-0.3, -0.25) is 0 Å². The number of aromatic hydroxyl groups is 1. The Labute approximate surface area is 170 Å². The summed E-state index contributed by atoms with van der Waals surface area (Å²) in [7, 11) is 1.55. The second kappa shape index (κ2) is 8.53. The summed E-state index contributed by atoms with van der Waals surface area (Å²) in [6.07, 6.45) is 0. The first-order chi connectivity index (χ1) is 14.2. The van der Waals surface area contributed by atoms with Gasteiger partial charge in [0.25, 0.3) is 0 Å². The fourth-order valence-electron chi connectivity index (χ4n) is 3.22. The Morgan fingerprint density at radius 3 is 2.03 bits per heavy atom. The zero-order chi connectivity index (χ0) is 20.1. The summed E-state index contributed by atoms with van der Waals surface area (Å²) >= 11 is 0. The van der Waals surface area contributed by atoms with Crippen LogP contribution in [0.5, 0.6) is 17.2 Å². The lowest BCUT2D eigenvalue weighted by Crippen LogP contribution is -1.94. The van der Waals surface area contributed by atoms with E-state index in [0.29, 0.717) is 12.4 Å². The van der Waals surface area contributed by atoms with Crippen LogP contribution >= 0.6 is 0 Å². The third kappa shape index (κ3) is 4.41. The highest BCUT2D eigenvalue weighted by Crippen LogP contribution is 2.33. The van der Waals surface area contributed by atoms with E-state index < -0.39 is 0 Å². The van der Waals surface area contributed by atoms with Crippen LogP contribution in [0.25, 0.3) is 22.3 Å². The van der Waals surface area contributed by atoms with E-state index >= 15 is 0 Å². The van der Waals surface area contributed by atoms with E-state index in [0.717, 1.165) is 33.6 Å². The molecule has 4 aromatic rings. The van der Waals surface area contributed by atoms with Crippen molar-refractivity contribution in [2.75, 3.05) is 7.11 Å². The summed E-state index contributed by atoms with van der Waals surface area (Å²) < 4.78 is 11.1. The molecule has 4 aromatic carbocycles. The van der Waals surface area contributed by atoms with Crippen LogP contribution < -0.4 is 9.47 Å². The van der Waals surface area contributed by atoms with Crippen LogP contribution in [-0.4, -0.2) is 12.2 Å². The Morgan fingerprint density at radius 2 is 1.31 bits per heavy atom. The number of rotatable bonds is 6. The maximum absolute atomic E-state index is 9.82. The first-order valence-corrected chi connectivity index (χ1v) is 9.47. The molecule has 0 atom stereocenters. The maximum Gasteiger partial charge on any atom is 0.161 e. The molecule has 1 N–H and O–H groups in total. The van der Waals surface area contributed by atoms with Crippen LogP contribution in [0, 0.1) is 0 Å². The number of hydrogen-bond acceptors (Lipinski definition) is 3. The molecule has 0 spiro atoms. The van der Waals surface area contributed by atoms with Crippen molar-refractivity contribution in [3.63, 3.8) is 0 Å². The molecule has 0 aliphatic heterocycles. The molecular formula is C26H22O3. The Kier molecular flexibility index (Phi) is 5.48. The summed E-state index contributed by atoms with van der Waals surface area (Å²) in [4.78, 5) is 0. The van der Waals surface area contributed by atoms with Crippen molar-refractivity contribution in [2.24, 2.45) is 0 Å². The van der Waals surface area contributed by atoms with Gasteiger partial charge in [0.2, 0.25) is 0 Å². The lowest BCUT2D eigenvalue weighted by atomic mass is 9.99. The summed E-state index contributed by atoms with van der Waals surface area (Å²) in [6, 6.07) is 31.9. The Morgan fingerprint density at radius 1 is 0.655 bits per heavy atom. The third-order valence-electron chi connectivity index (χ3n) is 4.81. The second-order valence-corrected chi connectivity index (χ2v) is 6.77. The van der Waals surface area contributed by atoms with Crippen molar-refractivity contribution in [3.8, 4) is 39.5 Å². The normalized spacial score (nSPS) is 10.5. The average molecular weight is 382 g/mol. The number of phenolic OH excluding ortho intramolecular Hbond substituents is 1. The SMILES string of the molecule is COc1cc(-c2cccc(-c3ccc(OCc4ccccc4)cc3)c2)ccc1O. The van der Waals surface area contributed by atoms with E-state index in [-0.39, 0.29) is 5.75 Å². The van der Waals surface area contributed by atoms with Gasteiger partial charge in [0.15, 0.2) is 11.5 Å². The fourth-order valence-corrected chi connectivity index (χ4v) is 3.22. The summed E-state index contributed by atoms with van der Waals surface area (Å²) in [5, 5.41) is 9.82. The van der Waals surface area contributed by atoms with Gasteiger partial charge < -0.3 is 14.6 Å². The molecule has 4 rings (SSSR count). The molecule has 0 bridgehead atoms. The number of benzene rings is 4. The van der Waals surface area contributed by atoms with Crippen LogP contribution in [-0.2, 0) is 6.61 Å². The molecule has 0 saturated carbocycles. The van der Waals surface area contributed by atoms with E-state index in [2.05, 4.69) is 36.4 Å². The molecule has 0 amide bonds. The molecule has 3 heteroatoms. The predicted octanol–water partition coefficient (Wildman–Crippen LogP) is 6.31. The number of hydrogen-bond donors (Lipinski definition) is 1. The summed E-state index contributed by atoms with van der Waals surface area (Å²) in [6.45, 7) is 0.554. The van der Waals surface area contributed by atoms with E-state index in [1.165, 1.54) is 0 Å².